The van der Waals surface area contributed by atoms with Gasteiger partial charge in [0.15, 0.2) is 5.76 Å². The minimum atomic E-state index is 0.614. The van der Waals surface area contributed by atoms with Gasteiger partial charge in [0.1, 0.15) is 10.7 Å². The van der Waals surface area contributed by atoms with Crippen molar-refractivity contribution in [2.45, 2.75) is 6.42 Å². The highest BCUT2D eigenvalue weighted by molar-refractivity contribution is 7.80. The van der Waals surface area contributed by atoms with Crippen LogP contribution in [0.3, 0.4) is 0 Å². The molecule has 4 nitrogen and oxygen atoms in total. The zero-order chi connectivity index (χ0) is 16.9. The van der Waals surface area contributed by atoms with E-state index in [9.17, 15) is 0 Å². The van der Waals surface area contributed by atoms with Gasteiger partial charge in [-0.15, -0.1) is 0 Å². The molecule has 0 atom stereocenters. The van der Waals surface area contributed by atoms with E-state index in [1.807, 2.05) is 36.4 Å². The molecule has 1 aliphatic heterocycles. The molecule has 24 heavy (non-hydrogen) atoms. The predicted molar refractivity (Wildman–Crippen MR) is 98.2 cm³/mol. The van der Waals surface area contributed by atoms with Crippen LogP contribution in [0.1, 0.15) is 12.2 Å². The van der Waals surface area contributed by atoms with Crippen LogP contribution >= 0.6 is 23.8 Å². The van der Waals surface area contributed by atoms with Crippen LogP contribution in [-0.4, -0.2) is 42.6 Å². The first-order valence-corrected chi connectivity index (χ1v) is 8.81. The Morgan fingerprint density at radius 2 is 1.92 bits per heavy atom. The SMILES string of the molecule is N#CCC[NH+]1CCN(C(=S)c2ccc(-c3ccc(Cl)cc3)o2)CC1. The van der Waals surface area contributed by atoms with Gasteiger partial charge in [0, 0.05) is 10.6 Å². The first kappa shape index (κ1) is 17.0. The smallest absolute Gasteiger partial charge is 0.162 e. The van der Waals surface area contributed by atoms with Crippen LogP contribution in [0.2, 0.25) is 5.02 Å². The zero-order valence-corrected chi connectivity index (χ0v) is 14.9. The van der Waals surface area contributed by atoms with Crippen molar-refractivity contribution >= 4 is 28.8 Å². The first-order valence-electron chi connectivity index (χ1n) is 8.03. The molecule has 124 valence electrons. The molecule has 0 saturated carbocycles. The third kappa shape index (κ3) is 3.96. The Morgan fingerprint density at radius 1 is 1.21 bits per heavy atom. The molecule has 0 amide bonds. The van der Waals surface area contributed by atoms with Gasteiger partial charge in [-0.2, -0.15) is 5.26 Å². The number of hydrogen-bond acceptors (Lipinski definition) is 3. The van der Waals surface area contributed by atoms with Crippen LogP contribution in [0.5, 0.6) is 0 Å². The van der Waals surface area contributed by atoms with Crippen LogP contribution in [0.15, 0.2) is 40.8 Å². The maximum atomic E-state index is 8.68. The van der Waals surface area contributed by atoms with Crippen molar-refractivity contribution in [3.05, 3.63) is 47.2 Å². The molecule has 0 unspecified atom stereocenters. The Kier molecular flexibility index (Phi) is 5.52. The normalized spacial score (nSPS) is 15.2. The molecule has 0 aliphatic carbocycles. The quantitative estimate of drug-likeness (QED) is 0.850. The fourth-order valence-electron chi connectivity index (χ4n) is 2.89. The minimum absolute atomic E-state index is 0.614. The van der Waals surface area contributed by atoms with Crippen molar-refractivity contribution in [3.63, 3.8) is 0 Å². The number of nitriles is 1. The van der Waals surface area contributed by atoms with Gasteiger partial charge in [-0.3, -0.25) is 0 Å². The van der Waals surface area contributed by atoms with Crippen LogP contribution < -0.4 is 4.90 Å². The molecule has 3 rings (SSSR count). The number of furan rings is 1. The molecule has 1 aromatic carbocycles. The third-order valence-electron chi connectivity index (χ3n) is 4.29. The lowest BCUT2D eigenvalue weighted by Crippen LogP contribution is -3.14. The number of piperazine rings is 1. The Morgan fingerprint density at radius 3 is 2.58 bits per heavy atom. The molecule has 0 bridgehead atoms. The van der Waals surface area contributed by atoms with Gasteiger partial charge >= 0.3 is 0 Å². The number of rotatable bonds is 4. The fourth-order valence-corrected chi connectivity index (χ4v) is 3.30. The van der Waals surface area contributed by atoms with Gasteiger partial charge in [0.05, 0.1) is 45.2 Å². The van der Waals surface area contributed by atoms with Gasteiger partial charge in [-0.1, -0.05) is 23.8 Å². The molecule has 2 heterocycles. The number of quaternary nitrogens is 1. The van der Waals surface area contributed by atoms with Gasteiger partial charge < -0.3 is 14.2 Å². The van der Waals surface area contributed by atoms with Crippen LogP contribution in [0, 0.1) is 11.3 Å². The summed E-state index contributed by atoms with van der Waals surface area (Å²) in [5.41, 5.74) is 0.985. The van der Waals surface area contributed by atoms with Gasteiger partial charge in [-0.25, -0.2) is 0 Å². The van der Waals surface area contributed by atoms with Crippen molar-refractivity contribution in [2.75, 3.05) is 32.7 Å². The monoisotopic (exact) mass is 360 g/mol. The van der Waals surface area contributed by atoms with Crippen molar-refractivity contribution in [1.82, 2.24) is 4.90 Å². The van der Waals surface area contributed by atoms with E-state index in [2.05, 4.69) is 11.0 Å². The maximum absolute atomic E-state index is 8.68. The highest BCUT2D eigenvalue weighted by Crippen LogP contribution is 2.24. The Balaban J connectivity index is 1.62. The average Bonchev–Trinajstić information content (AvgIpc) is 3.10. The van der Waals surface area contributed by atoms with E-state index in [4.69, 9.17) is 33.5 Å². The third-order valence-corrected chi connectivity index (χ3v) is 5.00. The Labute approximate surface area is 152 Å². The van der Waals surface area contributed by atoms with Gasteiger partial charge in [-0.05, 0) is 36.4 Å². The van der Waals surface area contributed by atoms with Crippen molar-refractivity contribution in [3.8, 4) is 17.4 Å². The lowest BCUT2D eigenvalue weighted by atomic mass is 10.2. The molecule has 0 radical (unpaired) electrons. The van der Waals surface area contributed by atoms with E-state index < -0.39 is 0 Å². The summed E-state index contributed by atoms with van der Waals surface area (Å²) in [5.74, 6) is 1.53. The molecule has 1 aliphatic rings. The van der Waals surface area contributed by atoms with E-state index >= 15 is 0 Å². The summed E-state index contributed by atoms with van der Waals surface area (Å²) < 4.78 is 5.94. The summed E-state index contributed by atoms with van der Waals surface area (Å²) in [5, 5.41) is 9.39. The maximum Gasteiger partial charge on any atom is 0.162 e. The van der Waals surface area contributed by atoms with Crippen LogP contribution in [0.4, 0.5) is 0 Å². The molecule has 1 N–H and O–H groups in total. The Hall–Kier alpha value is -1.87. The number of benzene rings is 1. The summed E-state index contributed by atoms with van der Waals surface area (Å²) in [6.07, 6.45) is 0.614. The molecule has 0 spiro atoms. The van der Waals surface area contributed by atoms with Gasteiger partial charge in [0.2, 0.25) is 0 Å². The van der Waals surface area contributed by atoms with Crippen molar-refractivity contribution in [1.29, 1.82) is 5.26 Å². The van der Waals surface area contributed by atoms with Crippen LogP contribution in [-0.2, 0) is 0 Å². The standard InChI is InChI=1S/C18H18ClN3OS/c19-15-4-2-14(3-5-15)16-6-7-17(23-16)18(24)22-12-10-21(11-13-22)9-1-8-20/h2-7H,1,9-13H2/p+1. The van der Waals surface area contributed by atoms with E-state index in [1.54, 1.807) is 0 Å². The highest BCUT2D eigenvalue weighted by Gasteiger charge is 2.23. The number of halogens is 1. The second kappa shape index (κ2) is 7.80. The number of nitrogens with one attached hydrogen (secondary N) is 1. The summed E-state index contributed by atoms with van der Waals surface area (Å²) >= 11 is 11.5. The second-order valence-corrected chi connectivity index (χ2v) is 6.69. The summed E-state index contributed by atoms with van der Waals surface area (Å²) in [6.45, 7) is 4.73. The van der Waals surface area contributed by atoms with Crippen molar-refractivity contribution in [2.24, 2.45) is 0 Å². The predicted octanol–water partition coefficient (Wildman–Crippen LogP) is 2.39. The molecule has 1 saturated heterocycles. The summed E-state index contributed by atoms with van der Waals surface area (Å²) in [6, 6.07) is 13.7. The number of thiocarbonyl (C=S) groups is 1. The van der Waals surface area contributed by atoms with E-state index in [1.165, 1.54) is 4.90 Å². The zero-order valence-electron chi connectivity index (χ0n) is 13.3. The van der Waals surface area contributed by atoms with Crippen molar-refractivity contribution < 1.29 is 9.32 Å². The molecular weight excluding hydrogens is 342 g/mol. The second-order valence-electron chi connectivity index (χ2n) is 5.87. The summed E-state index contributed by atoms with van der Waals surface area (Å²) in [7, 11) is 0. The van der Waals surface area contributed by atoms with E-state index in [-0.39, 0.29) is 0 Å². The van der Waals surface area contributed by atoms with E-state index in [0.717, 1.165) is 54.8 Å². The largest absolute Gasteiger partial charge is 0.454 e. The summed E-state index contributed by atoms with van der Waals surface area (Å²) in [4.78, 5) is 4.42. The highest BCUT2D eigenvalue weighted by atomic mass is 35.5. The molecule has 1 fully saturated rings. The molecular formula is C18H19ClN3OS+. The molecule has 6 heteroatoms. The molecule has 1 aromatic heterocycles. The minimum Gasteiger partial charge on any atom is -0.454 e. The molecule has 2 aromatic rings. The van der Waals surface area contributed by atoms with Crippen LogP contribution in [0.25, 0.3) is 11.3 Å². The number of nitrogens with zero attached hydrogens (tertiary/aromatic N) is 2. The average molecular weight is 361 g/mol. The lowest BCUT2D eigenvalue weighted by molar-refractivity contribution is -0.903. The Bertz CT molecular complexity index is 742. The topological polar surface area (TPSA) is 44.6 Å². The fraction of sp³-hybridized carbons (Fsp3) is 0.333. The number of hydrogen-bond donors (Lipinski definition) is 1. The first-order chi connectivity index (χ1) is 11.7. The lowest BCUT2D eigenvalue weighted by Gasteiger charge is -2.32. The van der Waals surface area contributed by atoms with E-state index in [0.29, 0.717) is 11.4 Å². The van der Waals surface area contributed by atoms with Gasteiger partial charge in [0.25, 0.3) is 0 Å².